The van der Waals surface area contributed by atoms with Crippen LogP contribution in [-0.2, 0) is 24.4 Å². The summed E-state index contributed by atoms with van der Waals surface area (Å²) in [5.41, 5.74) is 5.92. The van der Waals surface area contributed by atoms with E-state index in [4.69, 9.17) is 16.3 Å². The van der Waals surface area contributed by atoms with Crippen molar-refractivity contribution in [1.82, 2.24) is 24.8 Å². The number of rotatable bonds is 4. The number of hydrogen-bond donors (Lipinski definition) is 1. The number of nitrogens with one attached hydrogen (secondary N) is 1. The summed E-state index contributed by atoms with van der Waals surface area (Å²) in [4.78, 5) is 19.8. The van der Waals surface area contributed by atoms with Gasteiger partial charge in [0.25, 0.3) is 5.91 Å². The summed E-state index contributed by atoms with van der Waals surface area (Å²) in [6.07, 6.45) is 1.22. The van der Waals surface area contributed by atoms with Crippen LogP contribution in [0.15, 0.2) is 24.3 Å². The SMILES string of the molecule is Cc1nc2c3c(nn2c(C)c1Cl)CN(C(=O)c1ccccc1CO[C@H]1CCNC1)C3. The molecule has 1 aromatic carbocycles. The van der Waals surface area contributed by atoms with Crippen LogP contribution < -0.4 is 5.32 Å². The number of nitrogens with zero attached hydrogens (tertiary/aromatic N) is 4. The highest BCUT2D eigenvalue weighted by Crippen LogP contribution is 2.30. The van der Waals surface area contributed by atoms with Gasteiger partial charge in [-0.2, -0.15) is 5.10 Å². The summed E-state index contributed by atoms with van der Waals surface area (Å²) in [5, 5.41) is 8.60. The lowest BCUT2D eigenvalue weighted by molar-refractivity contribution is 0.0525. The number of carbonyl (C=O) groups excluding carboxylic acids is 1. The van der Waals surface area contributed by atoms with Crippen molar-refractivity contribution < 1.29 is 9.53 Å². The molecule has 7 nitrogen and oxygen atoms in total. The highest BCUT2D eigenvalue weighted by molar-refractivity contribution is 6.31. The van der Waals surface area contributed by atoms with Gasteiger partial charge < -0.3 is 15.0 Å². The average molecular weight is 426 g/mol. The normalized spacial score (nSPS) is 18.4. The van der Waals surface area contributed by atoms with Crippen LogP contribution in [0.25, 0.3) is 5.65 Å². The fourth-order valence-corrected chi connectivity index (χ4v) is 4.38. The zero-order valence-corrected chi connectivity index (χ0v) is 17.9. The Morgan fingerprint density at radius 2 is 2.13 bits per heavy atom. The van der Waals surface area contributed by atoms with E-state index >= 15 is 0 Å². The van der Waals surface area contributed by atoms with Gasteiger partial charge in [-0.1, -0.05) is 29.8 Å². The van der Waals surface area contributed by atoms with Gasteiger partial charge in [0.05, 0.1) is 47.9 Å². The van der Waals surface area contributed by atoms with Crippen LogP contribution in [0.5, 0.6) is 0 Å². The molecule has 0 saturated carbocycles. The molecular weight excluding hydrogens is 402 g/mol. The molecule has 1 atom stereocenters. The number of carbonyl (C=O) groups is 1. The summed E-state index contributed by atoms with van der Waals surface area (Å²) >= 11 is 6.33. The van der Waals surface area contributed by atoms with Gasteiger partial charge >= 0.3 is 0 Å². The van der Waals surface area contributed by atoms with E-state index in [1.54, 1.807) is 4.52 Å². The fourth-order valence-electron chi connectivity index (χ4n) is 4.26. The minimum atomic E-state index is -0.00250. The number of aromatic nitrogens is 3. The maximum Gasteiger partial charge on any atom is 0.254 e. The molecule has 1 amide bonds. The lowest BCUT2D eigenvalue weighted by atomic mass is 10.1. The smallest absolute Gasteiger partial charge is 0.254 e. The Hall–Kier alpha value is -2.48. The minimum Gasteiger partial charge on any atom is -0.372 e. The predicted octanol–water partition coefficient (Wildman–Crippen LogP) is 3.03. The number of hydrogen-bond acceptors (Lipinski definition) is 5. The number of ether oxygens (including phenoxy) is 1. The molecule has 1 N–H and O–H groups in total. The van der Waals surface area contributed by atoms with Crippen molar-refractivity contribution in [1.29, 1.82) is 0 Å². The number of aryl methyl sites for hydroxylation is 2. The minimum absolute atomic E-state index is 0.00250. The van der Waals surface area contributed by atoms with E-state index in [1.807, 2.05) is 43.0 Å². The molecule has 2 aromatic heterocycles. The molecule has 4 heterocycles. The molecule has 0 bridgehead atoms. The van der Waals surface area contributed by atoms with Crippen molar-refractivity contribution in [2.24, 2.45) is 0 Å². The second kappa shape index (κ2) is 7.65. The van der Waals surface area contributed by atoms with Gasteiger partial charge in [-0.25, -0.2) is 9.50 Å². The predicted molar refractivity (Wildman–Crippen MR) is 114 cm³/mol. The molecule has 3 aromatic rings. The molecule has 156 valence electrons. The van der Waals surface area contributed by atoms with Gasteiger partial charge in [0.2, 0.25) is 0 Å². The molecule has 1 saturated heterocycles. The van der Waals surface area contributed by atoms with Crippen LogP contribution in [0.1, 0.15) is 45.0 Å². The Balaban J connectivity index is 1.38. The van der Waals surface area contributed by atoms with Crippen LogP contribution >= 0.6 is 11.6 Å². The third kappa shape index (κ3) is 3.27. The molecule has 8 heteroatoms. The van der Waals surface area contributed by atoms with E-state index in [2.05, 4.69) is 15.4 Å². The Morgan fingerprint density at radius 1 is 1.30 bits per heavy atom. The lowest BCUT2D eigenvalue weighted by Gasteiger charge is -2.19. The first-order chi connectivity index (χ1) is 14.5. The highest BCUT2D eigenvalue weighted by Gasteiger charge is 2.31. The van der Waals surface area contributed by atoms with Crippen LogP contribution in [0, 0.1) is 13.8 Å². The number of benzene rings is 1. The second-order valence-electron chi connectivity index (χ2n) is 8.00. The Bertz CT molecular complexity index is 1140. The molecule has 1 fully saturated rings. The third-order valence-corrected chi connectivity index (χ3v) is 6.53. The van der Waals surface area contributed by atoms with E-state index in [9.17, 15) is 4.79 Å². The number of amides is 1. The molecule has 5 rings (SSSR count). The molecule has 2 aliphatic heterocycles. The average Bonchev–Trinajstić information content (AvgIpc) is 3.48. The maximum atomic E-state index is 13.3. The zero-order valence-electron chi connectivity index (χ0n) is 17.1. The van der Waals surface area contributed by atoms with E-state index in [-0.39, 0.29) is 12.0 Å². The maximum absolute atomic E-state index is 13.3. The van der Waals surface area contributed by atoms with E-state index < -0.39 is 0 Å². The first-order valence-corrected chi connectivity index (χ1v) is 10.6. The lowest BCUT2D eigenvalue weighted by Crippen LogP contribution is -2.27. The van der Waals surface area contributed by atoms with Gasteiger partial charge in [-0.05, 0) is 38.4 Å². The van der Waals surface area contributed by atoms with Gasteiger partial charge in [0.15, 0.2) is 5.65 Å². The van der Waals surface area contributed by atoms with Gasteiger partial charge in [0, 0.05) is 17.7 Å². The van der Waals surface area contributed by atoms with Crippen LogP contribution in [-0.4, -0.2) is 44.6 Å². The van der Waals surface area contributed by atoms with E-state index in [1.165, 1.54) is 0 Å². The summed E-state index contributed by atoms with van der Waals surface area (Å²) in [6, 6.07) is 7.70. The van der Waals surface area contributed by atoms with Crippen molar-refractivity contribution in [3.8, 4) is 0 Å². The molecule has 0 unspecified atom stereocenters. The van der Waals surface area contributed by atoms with Gasteiger partial charge in [-0.3, -0.25) is 4.79 Å². The number of halogens is 1. The van der Waals surface area contributed by atoms with E-state index in [0.29, 0.717) is 30.3 Å². The third-order valence-electron chi connectivity index (χ3n) is 5.98. The van der Waals surface area contributed by atoms with Crippen molar-refractivity contribution in [3.05, 3.63) is 63.1 Å². The summed E-state index contributed by atoms with van der Waals surface area (Å²) in [5.74, 6) is -0.00250. The quantitative estimate of drug-likeness (QED) is 0.695. The van der Waals surface area contributed by atoms with Crippen molar-refractivity contribution >= 4 is 23.2 Å². The molecule has 0 radical (unpaired) electrons. The summed E-state index contributed by atoms with van der Waals surface area (Å²) in [7, 11) is 0. The largest absolute Gasteiger partial charge is 0.372 e. The Kier molecular flexibility index (Phi) is 4.97. The van der Waals surface area contributed by atoms with Crippen molar-refractivity contribution in [2.45, 2.75) is 46.1 Å². The second-order valence-corrected chi connectivity index (χ2v) is 8.38. The Labute approximate surface area is 180 Å². The zero-order chi connectivity index (χ0) is 20.8. The van der Waals surface area contributed by atoms with E-state index in [0.717, 1.165) is 53.4 Å². The van der Waals surface area contributed by atoms with Gasteiger partial charge in [-0.15, -0.1) is 0 Å². The molecule has 0 aliphatic carbocycles. The molecule has 2 aliphatic rings. The standard InChI is InChI=1S/C22H24ClN5O2/c1-13-20(23)14(2)28-21(25-13)18-10-27(11-19(18)26-28)22(29)17-6-4-3-5-15(17)12-30-16-7-8-24-9-16/h3-6,16,24H,7-12H2,1-2H3/t16-/m0/s1. The van der Waals surface area contributed by atoms with Crippen molar-refractivity contribution in [3.63, 3.8) is 0 Å². The first-order valence-electron chi connectivity index (χ1n) is 10.3. The van der Waals surface area contributed by atoms with Crippen LogP contribution in [0.4, 0.5) is 0 Å². The topological polar surface area (TPSA) is 71.8 Å². The summed E-state index contributed by atoms with van der Waals surface area (Å²) in [6.45, 7) is 7.08. The monoisotopic (exact) mass is 425 g/mol. The number of fused-ring (bicyclic) bond motifs is 3. The Morgan fingerprint density at radius 3 is 2.93 bits per heavy atom. The highest BCUT2D eigenvalue weighted by atomic mass is 35.5. The van der Waals surface area contributed by atoms with Crippen LogP contribution in [0.2, 0.25) is 5.02 Å². The fraction of sp³-hybridized carbons (Fsp3) is 0.409. The van der Waals surface area contributed by atoms with Crippen molar-refractivity contribution in [2.75, 3.05) is 13.1 Å². The summed E-state index contributed by atoms with van der Waals surface area (Å²) < 4.78 is 7.80. The molecule has 30 heavy (non-hydrogen) atoms. The van der Waals surface area contributed by atoms with Crippen LogP contribution in [0.3, 0.4) is 0 Å². The molecular formula is C22H24ClN5O2. The molecule has 0 spiro atoms. The van der Waals surface area contributed by atoms with Gasteiger partial charge in [0.1, 0.15) is 0 Å². The first kappa shape index (κ1) is 19.5.